The van der Waals surface area contributed by atoms with Gasteiger partial charge in [0.25, 0.3) is 0 Å². The van der Waals surface area contributed by atoms with E-state index in [9.17, 15) is 4.39 Å². The summed E-state index contributed by atoms with van der Waals surface area (Å²) in [5, 5.41) is 3.94. The van der Waals surface area contributed by atoms with Crippen molar-refractivity contribution in [3.8, 4) is 0 Å². The summed E-state index contributed by atoms with van der Waals surface area (Å²) in [5.74, 6) is 1.62. The highest BCUT2D eigenvalue weighted by Crippen LogP contribution is 2.60. The van der Waals surface area contributed by atoms with Gasteiger partial charge in [-0.25, -0.2) is 4.39 Å². The van der Waals surface area contributed by atoms with Gasteiger partial charge in [0.05, 0.1) is 5.02 Å². The number of halogens is 2. The van der Waals surface area contributed by atoms with Gasteiger partial charge in [-0.15, -0.1) is 0 Å². The highest BCUT2D eigenvalue weighted by Gasteiger charge is 2.53. The fraction of sp³-hybridized carbons (Fsp3) is 0.647. The second-order valence-corrected chi connectivity index (χ2v) is 7.65. The quantitative estimate of drug-likeness (QED) is 0.858. The SMILES string of the molecule is Fc1cc(CC2(CNC3CC3)CC3CC3C2)ccc1Cl. The van der Waals surface area contributed by atoms with Crippen LogP contribution in [0.3, 0.4) is 0 Å². The van der Waals surface area contributed by atoms with E-state index in [0.29, 0.717) is 5.41 Å². The van der Waals surface area contributed by atoms with Crippen molar-refractivity contribution in [1.82, 2.24) is 5.32 Å². The molecule has 0 amide bonds. The lowest BCUT2D eigenvalue weighted by molar-refractivity contribution is 0.247. The Balaban J connectivity index is 1.50. The second-order valence-electron chi connectivity index (χ2n) is 7.24. The van der Waals surface area contributed by atoms with Gasteiger partial charge in [0, 0.05) is 12.6 Å². The van der Waals surface area contributed by atoms with Crippen LogP contribution in [-0.4, -0.2) is 12.6 Å². The summed E-state index contributed by atoms with van der Waals surface area (Å²) in [4.78, 5) is 0. The molecule has 0 bridgehead atoms. The van der Waals surface area contributed by atoms with E-state index >= 15 is 0 Å². The summed E-state index contributed by atoms with van der Waals surface area (Å²) in [6.07, 6.45) is 7.73. The highest BCUT2D eigenvalue weighted by molar-refractivity contribution is 6.30. The summed E-state index contributed by atoms with van der Waals surface area (Å²) in [6, 6.07) is 6.08. The number of rotatable bonds is 5. The molecule has 0 heterocycles. The van der Waals surface area contributed by atoms with Crippen molar-refractivity contribution in [3.05, 3.63) is 34.6 Å². The predicted molar refractivity (Wildman–Crippen MR) is 79.4 cm³/mol. The molecular formula is C17H21ClFN. The Kier molecular flexibility index (Phi) is 3.08. The van der Waals surface area contributed by atoms with E-state index in [1.54, 1.807) is 12.1 Å². The average molecular weight is 294 g/mol. The van der Waals surface area contributed by atoms with Crippen LogP contribution >= 0.6 is 11.6 Å². The van der Waals surface area contributed by atoms with Crippen LogP contribution in [0.2, 0.25) is 5.02 Å². The summed E-state index contributed by atoms with van der Waals surface area (Å²) in [6.45, 7) is 1.11. The Morgan fingerprint density at radius 1 is 1.25 bits per heavy atom. The minimum Gasteiger partial charge on any atom is -0.313 e. The Morgan fingerprint density at radius 3 is 2.65 bits per heavy atom. The first-order valence-corrected chi connectivity index (χ1v) is 8.19. The number of hydrogen-bond acceptors (Lipinski definition) is 1. The fourth-order valence-electron chi connectivity index (χ4n) is 4.09. The Hall–Kier alpha value is -0.600. The summed E-state index contributed by atoms with van der Waals surface area (Å²) in [7, 11) is 0. The predicted octanol–water partition coefficient (Wildman–Crippen LogP) is 4.19. The number of nitrogens with one attached hydrogen (secondary N) is 1. The first-order chi connectivity index (χ1) is 9.63. The molecule has 108 valence electrons. The van der Waals surface area contributed by atoms with Crippen molar-refractivity contribution >= 4 is 11.6 Å². The van der Waals surface area contributed by atoms with Gasteiger partial charge < -0.3 is 5.32 Å². The van der Waals surface area contributed by atoms with Gasteiger partial charge in [0.2, 0.25) is 0 Å². The van der Waals surface area contributed by atoms with Gasteiger partial charge in [0.15, 0.2) is 0 Å². The third-order valence-corrected chi connectivity index (χ3v) is 5.67. The molecule has 3 aliphatic rings. The minimum absolute atomic E-state index is 0.230. The van der Waals surface area contributed by atoms with Crippen molar-refractivity contribution in [1.29, 1.82) is 0 Å². The number of benzene rings is 1. The van der Waals surface area contributed by atoms with Gasteiger partial charge in [0.1, 0.15) is 5.82 Å². The number of fused-ring (bicyclic) bond motifs is 1. The highest BCUT2D eigenvalue weighted by atomic mass is 35.5. The van der Waals surface area contributed by atoms with Crippen molar-refractivity contribution < 1.29 is 4.39 Å². The molecule has 2 atom stereocenters. The Bertz CT molecular complexity index is 516. The molecule has 2 unspecified atom stereocenters. The topological polar surface area (TPSA) is 12.0 Å². The molecule has 3 saturated carbocycles. The lowest BCUT2D eigenvalue weighted by atomic mass is 9.77. The lowest BCUT2D eigenvalue weighted by Crippen LogP contribution is -2.36. The van der Waals surface area contributed by atoms with E-state index in [4.69, 9.17) is 11.6 Å². The molecule has 3 heteroatoms. The zero-order chi connectivity index (χ0) is 13.7. The lowest BCUT2D eigenvalue weighted by Gasteiger charge is -2.32. The molecular weight excluding hydrogens is 273 g/mol. The molecule has 1 N–H and O–H groups in total. The van der Waals surface area contributed by atoms with Crippen LogP contribution in [0.25, 0.3) is 0 Å². The molecule has 0 aromatic heterocycles. The van der Waals surface area contributed by atoms with Crippen molar-refractivity contribution in [2.75, 3.05) is 6.54 Å². The van der Waals surface area contributed by atoms with E-state index in [1.165, 1.54) is 32.1 Å². The van der Waals surface area contributed by atoms with E-state index < -0.39 is 0 Å². The molecule has 1 aromatic carbocycles. The van der Waals surface area contributed by atoms with Crippen LogP contribution < -0.4 is 5.32 Å². The van der Waals surface area contributed by atoms with Crippen molar-refractivity contribution in [3.63, 3.8) is 0 Å². The second kappa shape index (κ2) is 4.71. The largest absolute Gasteiger partial charge is 0.313 e. The van der Waals surface area contributed by atoms with Crippen LogP contribution in [0, 0.1) is 23.1 Å². The third-order valence-electron chi connectivity index (χ3n) is 5.37. The van der Waals surface area contributed by atoms with Crippen molar-refractivity contribution in [2.45, 2.75) is 44.6 Å². The average Bonchev–Trinajstić information content (AvgIpc) is 3.33. The van der Waals surface area contributed by atoms with Crippen molar-refractivity contribution in [2.24, 2.45) is 17.3 Å². The maximum Gasteiger partial charge on any atom is 0.142 e. The molecule has 0 aliphatic heterocycles. The summed E-state index contributed by atoms with van der Waals surface area (Å²) in [5.41, 5.74) is 1.46. The maximum atomic E-state index is 13.6. The molecule has 0 saturated heterocycles. The maximum absolute atomic E-state index is 13.6. The Morgan fingerprint density at radius 2 is 2.00 bits per heavy atom. The molecule has 1 aromatic rings. The normalized spacial score (nSPS) is 35.1. The molecule has 3 fully saturated rings. The molecule has 3 aliphatic carbocycles. The minimum atomic E-state index is -0.280. The first-order valence-electron chi connectivity index (χ1n) is 7.81. The van der Waals surface area contributed by atoms with E-state index in [-0.39, 0.29) is 10.8 Å². The van der Waals surface area contributed by atoms with E-state index in [2.05, 4.69) is 5.32 Å². The van der Waals surface area contributed by atoms with Gasteiger partial charge in [-0.1, -0.05) is 17.7 Å². The van der Waals surface area contributed by atoms with Gasteiger partial charge in [-0.3, -0.25) is 0 Å². The monoisotopic (exact) mass is 293 g/mol. The fourth-order valence-corrected chi connectivity index (χ4v) is 4.21. The zero-order valence-electron chi connectivity index (χ0n) is 11.7. The van der Waals surface area contributed by atoms with Crippen LogP contribution in [0.5, 0.6) is 0 Å². The van der Waals surface area contributed by atoms with Crippen LogP contribution in [0.15, 0.2) is 18.2 Å². The smallest absolute Gasteiger partial charge is 0.142 e. The van der Waals surface area contributed by atoms with Gasteiger partial charge in [-0.2, -0.15) is 0 Å². The summed E-state index contributed by atoms with van der Waals surface area (Å²) < 4.78 is 13.6. The zero-order valence-corrected chi connectivity index (χ0v) is 12.4. The van der Waals surface area contributed by atoms with Crippen LogP contribution in [0.1, 0.15) is 37.7 Å². The molecule has 1 nitrogen and oxygen atoms in total. The Labute approximate surface area is 124 Å². The molecule has 20 heavy (non-hydrogen) atoms. The molecule has 4 rings (SSSR count). The van der Waals surface area contributed by atoms with Crippen LogP contribution in [-0.2, 0) is 6.42 Å². The van der Waals surface area contributed by atoms with Crippen LogP contribution in [0.4, 0.5) is 4.39 Å². The first kappa shape index (κ1) is 13.1. The third kappa shape index (κ3) is 2.60. The van der Waals surface area contributed by atoms with E-state index in [1.807, 2.05) is 6.07 Å². The molecule has 0 spiro atoms. The number of hydrogen-bond donors (Lipinski definition) is 1. The van der Waals surface area contributed by atoms with Gasteiger partial charge in [-0.05, 0) is 73.5 Å². The van der Waals surface area contributed by atoms with E-state index in [0.717, 1.165) is 36.4 Å². The summed E-state index contributed by atoms with van der Waals surface area (Å²) >= 11 is 5.79. The standard InChI is InChI=1S/C17H21ClFN/c18-15-4-1-11(5-16(15)19)7-17(10-20-14-2-3-14)8-12-6-13(12)9-17/h1,4-5,12-14,20H,2-3,6-10H2. The molecule has 0 radical (unpaired) electrons. The van der Waals surface area contributed by atoms with Gasteiger partial charge >= 0.3 is 0 Å².